The van der Waals surface area contributed by atoms with Crippen molar-refractivity contribution in [3.8, 4) is 11.5 Å². The number of hydrogen-bond acceptors (Lipinski definition) is 8. The Morgan fingerprint density at radius 2 is 2.03 bits per heavy atom. The van der Waals surface area contributed by atoms with E-state index in [1.54, 1.807) is 28.7 Å². The van der Waals surface area contributed by atoms with E-state index in [2.05, 4.69) is 48.4 Å². The smallest absolute Gasteiger partial charge is 0.244 e. The molecule has 0 unspecified atom stereocenters. The molecule has 174 valence electrons. The van der Waals surface area contributed by atoms with Crippen LogP contribution in [0.25, 0.3) is 17.1 Å². The average Bonchev–Trinajstić information content (AvgIpc) is 3.38. The van der Waals surface area contributed by atoms with Gasteiger partial charge in [-0.15, -0.1) is 0 Å². The molecule has 0 saturated heterocycles. The monoisotopic (exact) mass is 468 g/mol. The second-order valence-electron chi connectivity index (χ2n) is 8.16. The molecule has 0 atom stereocenters. The van der Waals surface area contributed by atoms with E-state index < -0.39 is 0 Å². The van der Waals surface area contributed by atoms with E-state index in [0.717, 1.165) is 22.4 Å². The van der Waals surface area contributed by atoms with Crippen molar-refractivity contribution in [2.75, 3.05) is 18.7 Å². The van der Waals surface area contributed by atoms with Gasteiger partial charge in [-0.05, 0) is 37.6 Å². The van der Waals surface area contributed by atoms with Gasteiger partial charge in [0.05, 0.1) is 18.1 Å². The molecule has 3 heterocycles. The molecule has 0 saturated carbocycles. The molecule has 0 spiro atoms. The second kappa shape index (κ2) is 10.1. The Bertz CT molecular complexity index is 1170. The van der Waals surface area contributed by atoms with Gasteiger partial charge < -0.3 is 20.1 Å². The van der Waals surface area contributed by atoms with Crippen molar-refractivity contribution in [2.45, 2.75) is 50.7 Å². The molecule has 2 N–H and O–H groups in total. The van der Waals surface area contributed by atoms with Crippen LogP contribution in [0.5, 0.6) is 11.5 Å². The molecular formula is C23H28N6O3S. The number of ether oxygens (including phenoxy) is 2. The molecule has 4 rings (SSSR count). The molecular weight excluding hydrogens is 440 g/mol. The number of fused-ring (bicyclic) bond motifs is 2. The van der Waals surface area contributed by atoms with Gasteiger partial charge in [-0.2, -0.15) is 5.10 Å². The minimum Gasteiger partial charge on any atom is -0.454 e. The molecule has 0 bridgehead atoms. The van der Waals surface area contributed by atoms with E-state index in [4.69, 9.17) is 14.5 Å². The summed E-state index contributed by atoms with van der Waals surface area (Å²) in [5.74, 6) is 2.00. The van der Waals surface area contributed by atoms with E-state index in [1.807, 2.05) is 18.2 Å². The Morgan fingerprint density at radius 3 is 2.82 bits per heavy atom. The minimum absolute atomic E-state index is 0.183. The van der Waals surface area contributed by atoms with Crippen LogP contribution in [-0.2, 0) is 11.3 Å². The zero-order chi connectivity index (χ0) is 23.4. The first kappa shape index (κ1) is 22.9. The summed E-state index contributed by atoms with van der Waals surface area (Å²) in [7, 11) is 0. The quantitative estimate of drug-likeness (QED) is 0.278. The molecule has 33 heavy (non-hydrogen) atoms. The molecule has 1 amide bonds. The SMILES string of the molecule is CC(C)Nc1nc(SC(C)C)nc2c1cnn2CCNC(=O)/C=C\c1ccc2c(c1)OCO2. The van der Waals surface area contributed by atoms with Gasteiger partial charge in [0, 0.05) is 23.9 Å². The summed E-state index contributed by atoms with van der Waals surface area (Å²) in [6.45, 7) is 9.50. The van der Waals surface area contributed by atoms with Crippen LogP contribution in [0.2, 0.25) is 0 Å². The Hall–Kier alpha value is -3.27. The van der Waals surface area contributed by atoms with Gasteiger partial charge in [0.1, 0.15) is 5.82 Å². The molecule has 1 aliphatic rings. The first-order chi connectivity index (χ1) is 15.9. The highest BCUT2D eigenvalue weighted by molar-refractivity contribution is 7.99. The molecule has 9 nitrogen and oxygen atoms in total. The zero-order valence-corrected chi connectivity index (χ0v) is 20.0. The number of aromatic nitrogens is 4. The van der Waals surface area contributed by atoms with Crippen LogP contribution in [-0.4, -0.2) is 50.3 Å². The number of amides is 1. The van der Waals surface area contributed by atoms with Gasteiger partial charge in [-0.3, -0.25) is 4.79 Å². The van der Waals surface area contributed by atoms with E-state index in [9.17, 15) is 4.79 Å². The summed E-state index contributed by atoms with van der Waals surface area (Å²) in [6, 6.07) is 5.79. The van der Waals surface area contributed by atoms with Crippen molar-refractivity contribution in [3.63, 3.8) is 0 Å². The van der Waals surface area contributed by atoms with Crippen LogP contribution in [0.3, 0.4) is 0 Å². The van der Waals surface area contributed by atoms with Gasteiger partial charge in [0.25, 0.3) is 0 Å². The van der Waals surface area contributed by atoms with Crippen LogP contribution in [0.15, 0.2) is 35.6 Å². The van der Waals surface area contributed by atoms with Crippen molar-refractivity contribution in [3.05, 3.63) is 36.0 Å². The first-order valence-electron chi connectivity index (χ1n) is 10.9. The summed E-state index contributed by atoms with van der Waals surface area (Å²) >= 11 is 1.61. The lowest BCUT2D eigenvalue weighted by Gasteiger charge is -2.12. The molecule has 0 fully saturated rings. The summed E-state index contributed by atoms with van der Waals surface area (Å²) < 4.78 is 12.5. The van der Waals surface area contributed by atoms with Gasteiger partial charge in [0.15, 0.2) is 22.3 Å². The lowest BCUT2D eigenvalue weighted by atomic mass is 10.2. The number of thioether (sulfide) groups is 1. The fourth-order valence-corrected chi connectivity index (χ4v) is 3.98. The van der Waals surface area contributed by atoms with Gasteiger partial charge in [0.2, 0.25) is 12.7 Å². The van der Waals surface area contributed by atoms with Crippen LogP contribution in [0.1, 0.15) is 33.3 Å². The third-order valence-corrected chi connectivity index (χ3v) is 5.55. The van der Waals surface area contributed by atoms with E-state index in [1.165, 1.54) is 6.08 Å². The normalized spacial score (nSPS) is 12.9. The van der Waals surface area contributed by atoms with Crippen LogP contribution >= 0.6 is 11.8 Å². The Kier molecular flexibility index (Phi) is 7.02. The van der Waals surface area contributed by atoms with Gasteiger partial charge in [-0.1, -0.05) is 31.7 Å². The maximum absolute atomic E-state index is 12.3. The number of nitrogens with one attached hydrogen (secondary N) is 2. The summed E-state index contributed by atoms with van der Waals surface area (Å²) in [5, 5.41) is 12.7. The summed E-state index contributed by atoms with van der Waals surface area (Å²) in [5.41, 5.74) is 1.62. The molecule has 10 heteroatoms. The van der Waals surface area contributed by atoms with Crippen LogP contribution < -0.4 is 20.1 Å². The van der Waals surface area contributed by atoms with Crippen molar-refractivity contribution >= 4 is 40.6 Å². The standard InChI is InChI=1S/C23H28N6O3S/c1-14(2)26-21-17-12-25-29(22(17)28-23(27-21)33-15(3)4)10-9-24-20(30)8-6-16-5-7-18-19(11-16)32-13-31-18/h5-8,11-12,14-15H,9-10,13H2,1-4H3,(H,24,30)(H,26,27,28)/b8-6-. The molecule has 2 aromatic heterocycles. The highest BCUT2D eigenvalue weighted by Crippen LogP contribution is 2.32. The van der Waals surface area contributed by atoms with E-state index in [-0.39, 0.29) is 18.7 Å². The molecule has 1 aromatic carbocycles. The summed E-state index contributed by atoms with van der Waals surface area (Å²) in [6.07, 6.45) is 5.02. The highest BCUT2D eigenvalue weighted by atomic mass is 32.2. The number of rotatable bonds is 9. The summed E-state index contributed by atoms with van der Waals surface area (Å²) in [4.78, 5) is 21.6. The van der Waals surface area contributed by atoms with Crippen LogP contribution in [0, 0.1) is 0 Å². The Morgan fingerprint density at radius 1 is 1.21 bits per heavy atom. The average molecular weight is 469 g/mol. The fraction of sp³-hybridized carbons (Fsp3) is 0.391. The van der Waals surface area contributed by atoms with Gasteiger partial charge in [-0.25, -0.2) is 14.6 Å². The number of carbonyl (C=O) groups is 1. The van der Waals surface area contributed by atoms with Crippen molar-refractivity contribution in [2.24, 2.45) is 0 Å². The number of hydrogen-bond donors (Lipinski definition) is 2. The third-order valence-electron chi connectivity index (χ3n) is 4.69. The van der Waals surface area contributed by atoms with Crippen molar-refractivity contribution < 1.29 is 14.3 Å². The number of benzene rings is 1. The highest BCUT2D eigenvalue weighted by Gasteiger charge is 2.15. The number of carbonyl (C=O) groups excluding carboxylic acids is 1. The number of nitrogens with zero attached hydrogens (tertiary/aromatic N) is 4. The lowest BCUT2D eigenvalue weighted by Crippen LogP contribution is -2.25. The topological polar surface area (TPSA) is 103 Å². The van der Waals surface area contributed by atoms with Gasteiger partial charge >= 0.3 is 0 Å². The number of anilines is 1. The van der Waals surface area contributed by atoms with E-state index in [0.29, 0.717) is 35.0 Å². The van der Waals surface area contributed by atoms with Crippen molar-refractivity contribution in [1.29, 1.82) is 0 Å². The largest absolute Gasteiger partial charge is 0.454 e. The Balaban J connectivity index is 1.40. The Labute approximate surface area is 197 Å². The molecule has 0 radical (unpaired) electrons. The zero-order valence-electron chi connectivity index (χ0n) is 19.2. The predicted octanol–water partition coefficient (Wildman–Crippen LogP) is 3.71. The van der Waals surface area contributed by atoms with Crippen LogP contribution in [0.4, 0.5) is 5.82 Å². The minimum atomic E-state index is -0.183. The second-order valence-corrected chi connectivity index (χ2v) is 9.71. The van der Waals surface area contributed by atoms with Crippen molar-refractivity contribution in [1.82, 2.24) is 25.1 Å². The molecule has 0 aliphatic carbocycles. The van der Waals surface area contributed by atoms with E-state index >= 15 is 0 Å². The first-order valence-corrected chi connectivity index (χ1v) is 11.8. The third kappa shape index (κ3) is 5.75. The molecule has 1 aliphatic heterocycles. The fourth-order valence-electron chi connectivity index (χ4n) is 3.28. The predicted molar refractivity (Wildman–Crippen MR) is 130 cm³/mol. The maximum atomic E-state index is 12.3. The lowest BCUT2D eigenvalue weighted by molar-refractivity contribution is -0.116. The molecule has 3 aromatic rings. The maximum Gasteiger partial charge on any atom is 0.244 e.